The normalized spacial score (nSPS) is 11.6. The van der Waals surface area contributed by atoms with Crippen molar-refractivity contribution in [1.82, 2.24) is 0 Å². The molecule has 148 valence electrons. The largest absolute Gasteiger partial charge is 0.168 e. The quantitative estimate of drug-likeness (QED) is 0.242. The molecule has 5 aromatic carbocycles. The molecule has 6 rings (SSSR count). The van der Waals surface area contributed by atoms with Gasteiger partial charge >= 0.3 is 30.2 Å². The Morgan fingerprint density at radius 1 is 0.733 bits per heavy atom. The summed E-state index contributed by atoms with van der Waals surface area (Å²) in [4.78, 5) is 0. The fraction of sp³-hybridized carbons (Fsp3) is 0.111. The van der Waals surface area contributed by atoms with Gasteiger partial charge in [0.05, 0.1) is 0 Å². The van der Waals surface area contributed by atoms with Crippen molar-refractivity contribution < 1.29 is 35.7 Å². The van der Waals surface area contributed by atoms with Crippen molar-refractivity contribution in [2.24, 2.45) is 0 Å². The molecule has 30 heavy (non-hydrogen) atoms. The molecular formula is C27H22ClSiZr-3. The minimum absolute atomic E-state index is 0. The van der Waals surface area contributed by atoms with Crippen molar-refractivity contribution in [1.29, 1.82) is 0 Å². The minimum atomic E-state index is 0. The molecule has 3 heteroatoms. The summed E-state index contributed by atoms with van der Waals surface area (Å²) in [6, 6.07) is 34.6. The van der Waals surface area contributed by atoms with E-state index in [0.717, 1.165) is 0 Å². The molecule has 5 aromatic rings. The van der Waals surface area contributed by atoms with Crippen LogP contribution in [0.15, 0.2) is 97.1 Å². The molecule has 0 aromatic heterocycles. The molecule has 0 aliphatic heterocycles. The fourth-order valence-corrected chi connectivity index (χ4v) is 4.35. The van der Waals surface area contributed by atoms with Gasteiger partial charge in [0.1, 0.15) is 0 Å². The van der Waals surface area contributed by atoms with Crippen LogP contribution in [0.25, 0.3) is 32.7 Å². The maximum absolute atomic E-state index is 3.06. The van der Waals surface area contributed by atoms with Gasteiger partial charge in [-0.3, -0.25) is 0 Å². The molecule has 0 N–H and O–H groups in total. The van der Waals surface area contributed by atoms with Gasteiger partial charge in [-0.25, -0.2) is 0 Å². The van der Waals surface area contributed by atoms with Crippen LogP contribution >= 0.6 is 0 Å². The van der Waals surface area contributed by atoms with Crippen LogP contribution in [-0.4, -0.2) is 6.88 Å². The molecule has 0 fully saturated rings. The van der Waals surface area contributed by atoms with Crippen LogP contribution in [-0.2, 0) is 36.2 Å². The van der Waals surface area contributed by atoms with Gasteiger partial charge in [0.15, 0.2) is 0 Å². The number of rotatable bonds is 1. The van der Waals surface area contributed by atoms with Gasteiger partial charge in [-0.2, -0.15) is 29.7 Å². The Morgan fingerprint density at radius 3 is 2.23 bits per heavy atom. The monoisotopic (exact) mass is 499 g/mol. The van der Waals surface area contributed by atoms with Crippen molar-refractivity contribution in [2.45, 2.75) is 19.3 Å². The van der Waals surface area contributed by atoms with E-state index in [1.165, 1.54) is 75.3 Å². The first kappa shape index (κ1) is 22.9. The summed E-state index contributed by atoms with van der Waals surface area (Å²) in [6.45, 7) is 3.06. The molecule has 1 aliphatic carbocycles. The zero-order chi connectivity index (χ0) is 20.1. The van der Waals surface area contributed by atoms with Gasteiger partial charge in [0.2, 0.25) is 0 Å². The third-order valence-electron chi connectivity index (χ3n) is 5.62. The SMILES string of the molecule is [Cl-].[Si]=[Zr].c1ccc(-c2c3c(cc4[cH-]ccc24)CCC3)cc1.c1ccc2[cH-]ccc2c1. The van der Waals surface area contributed by atoms with Crippen LogP contribution in [0.1, 0.15) is 17.5 Å². The maximum Gasteiger partial charge on any atom is -0.0276 e. The van der Waals surface area contributed by atoms with Crippen LogP contribution in [0.5, 0.6) is 0 Å². The van der Waals surface area contributed by atoms with E-state index in [2.05, 4.69) is 104 Å². The molecule has 0 amide bonds. The van der Waals surface area contributed by atoms with Gasteiger partial charge in [0.25, 0.3) is 0 Å². The Morgan fingerprint density at radius 2 is 1.43 bits per heavy atom. The van der Waals surface area contributed by atoms with E-state index < -0.39 is 0 Å². The molecule has 2 radical (unpaired) electrons. The first-order valence-corrected chi connectivity index (χ1v) is 14.2. The molecule has 0 spiro atoms. The summed E-state index contributed by atoms with van der Waals surface area (Å²) >= 11 is 1.36. The van der Waals surface area contributed by atoms with E-state index in [0.29, 0.717) is 0 Å². The summed E-state index contributed by atoms with van der Waals surface area (Å²) in [7, 11) is 0. The third kappa shape index (κ3) is 4.78. The van der Waals surface area contributed by atoms with Crippen LogP contribution in [0.3, 0.4) is 0 Å². The molecule has 1 aliphatic rings. The van der Waals surface area contributed by atoms with Gasteiger partial charge < -0.3 is 12.4 Å². The average molecular weight is 501 g/mol. The molecule has 0 heterocycles. The van der Waals surface area contributed by atoms with Crippen molar-refractivity contribution in [3.8, 4) is 11.1 Å². The second-order valence-corrected chi connectivity index (χ2v) is 7.29. The second kappa shape index (κ2) is 11.0. The predicted octanol–water partition coefficient (Wildman–Crippen LogP) is 3.89. The van der Waals surface area contributed by atoms with Gasteiger partial charge in [-0.1, -0.05) is 53.1 Å². The van der Waals surface area contributed by atoms with E-state index in [1.807, 2.05) is 0 Å². The smallest absolute Gasteiger partial charge is 0.0276 e. The summed E-state index contributed by atoms with van der Waals surface area (Å²) in [5.74, 6) is 0. The van der Waals surface area contributed by atoms with Crippen LogP contribution in [0.4, 0.5) is 0 Å². The molecular weight excluding hydrogens is 479 g/mol. The zero-order valence-electron chi connectivity index (χ0n) is 16.7. The standard InChI is InChI=1S/C18H15.C9H7.ClH.Si.Zr/c1-2-6-13(7-3-1)18-16-10-4-8-14(16)12-15-9-5-11-17(15)18;1-2-5-9-7-3-6-8(9)4-1;;;/h1-4,6-8,10,12H,5,9,11H2;1-7H;1H;;/q2*-1;;;/p-1. The van der Waals surface area contributed by atoms with E-state index in [9.17, 15) is 0 Å². The van der Waals surface area contributed by atoms with Crippen molar-refractivity contribution in [3.63, 3.8) is 0 Å². The van der Waals surface area contributed by atoms with Gasteiger partial charge in [-0.05, 0) is 24.8 Å². The fourth-order valence-electron chi connectivity index (χ4n) is 4.35. The van der Waals surface area contributed by atoms with Crippen LogP contribution in [0.2, 0.25) is 0 Å². The Labute approximate surface area is 201 Å². The van der Waals surface area contributed by atoms with E-state index >= 15 is 0 Å². The minimum Gasteiger partial charge on any atom is -0.168 e. The maximum atomic E-state index is 3.06. The van der Waals surface area contributed by atoms with E-state index in [4.69, 9.17) is 0 Å². The van der Waals surface area contributed by atoms with E-state index in [-0.39, 0.29) is 12.4 Å². The summed E-state index contributed by atoms with van der Waals surface area (Å²) in [5.41, 5.74) is 5.99. The van der Waals surface area contributed by atoms with Crippen molar-refractivity contribution in [3.05, 3.63) is 108 Å². The molecule has 0 nitrogen and oxygen atoms in total. The summed E-state index contributed by atoms with van der Waals surface area (Å²) in [6.07, 6.45) is 3.79. The number of fused-ring (bicyclic) bond motifs is 3. The molecule has 0 atom stereocenters. The average Bonchev–Trinajstić information content (AvgIpc) is 3.54. The van der Waals surface area contributed by atoms with Gasteiger partial charge in [0, 0.05) is 0 Å². The molecule has 0 saturated heterocycles. The first-order chi connectivity index (χ1) is 14.4. The van der Waals surface area contributed by atoms with E-state index in [1.54, 1.807) is 11.1 Å². The predicted molar refractivity (Wildman–Crippen MR) is 122 cm³/mol. The Kier molecular flexibility index (Phi) is 8.45. The number of hydrogen-bond acceptors (Lipinski definition) is 0. The third-order valence-corrected chi connectivity index (χ3v) is 5.62. The Hall–Kier alpha value is -1.73. The number of benzene rings is 3. The van der Waals surface area contributed by atoms with Gasteiger partial charge in [-0.15, -0.1) is 52.6 Å². The first-order valence-electron chi connectivity index (χ1n) is 10.0. The van der Waals surface area contributed by atoms with Crippen LogP contribution in [0, 0.1) is 0 Å². The Balaban J connectivity index is 0.000000181. The number of aryl methyl sites for hydroxylation is 1. The number of hydrogen-bond donors (Lipinski definition) is 0. The summed E-state index contributed by atoms with van der Waals surface area (Å²) in [5, 5.41) is 5.48. The topological polar surface area (TPSA) is 0 Å². The molecule has 0 unspecified atom stereocenters. The van der Waals surface area contributed by atoms with Crippen LogP contribution < -0.4 is 12.4 Å². The zero-order valence-corrected chi connectivity index (χ0v) is 21.0. The van der Waals surface area contributed by atoms with Crippen molar-refractivity contribution >= 4 is 28.4 Å². The summed E-state index contributed by atoms with van der Waals surface area (Å²) < 4.78 is 0. The molecule has 0 bridgehead atoms. The Bertz CT molecular complexity index is 1190. The molecule has 0 saturated carbocycles. The number of halogens is 1. The van der Waals surface area contributed by atoms with Crippen molar-refractivity contribution in [2.75, 3.05) is 0 Å². The second-order valence-electron chi connectivity index (χ2n) is 7.29.